The van der Waals surface area contributed by atoms with E-state index in [0.717, 1.165) is 22.3 Å². The lowest BCUT2D eigenvalue weighted by molar-refractivity contribution is -0.141. The fourth-order valence-corrected chi connectivity index (χ4v) is 4.04. The number of carbonyl (C=O) groups excluding carboxylic acids is 2. The van der Waals surface area contributed by atoms with E-state index in [-0.39, 0.29) is 31.1 Å². The number of rotatable bonds is 8. The first-order chi connectivity index (χ1) is 15.4. The average Bonchev–Trinajstić information content (AvgIpc) is 2.91. The molecule has 1 aliphatic rings. The summed E-state index contributed by atoms with van der Waals surface area (Å²) >= 11 is 0. The zero-order valence-electron chi connectivity index (χ0n) is 19.1. The summed E-state index contributed by atoms with van der Waals surface area (Å²) in [6, 6.07) is 7.45. The lowest BCUT2D eigenvalue weighted by Gasteiger charge is -2.21. The van der Waals surface area contributed by atoms with Gasteiger partial charge in [-0.1, -0.05) is 6.07 Å². The fraction of sp³-hybridized carbons (Fsp3) is 0.417. The van der Waals surface area contributed by atoms with Crippen molar-refractivity contribution >= 4 is 11.9 Å². The van der Waals surface area contributed by atoms with Crippen molar-refractivity contribution in [3.05, 3.63) is 35.4 Å². The van der Waals surface area contributed by atoms with Crippen LogP contribution < -0.4 is 24.3 Å². The molecular weight excluding hydrogens is 414 g/mol. The second kappa shape index (κ2) is 10.3. The van der Waals surface area contributed by atoms with Gasteiger partial charge in [0.2, 0.25) is 11.7 Å². The van der Waals surface area contributed by atoms with Crippen molar-refractivity contribution in [2.45, 2.75) is 32.7 Å². The number of carbonyl (C=O) groups is 2. The predicted molar refractivity (Wildman–Crippen MR) is 119 cm³/mol. The maximum atomic E-state index is 11.9. The number of ether oxygens (including phenoxy) is 5. The van der Waals surface area contributed by atoms with Crippen LogP contribution in [0.5, 0.6) is 23.0 Å². The number of esters is 1. The van der Waals surface area contributed by atoms with Gasteiger partial charge in [0.15, 0.2) is 11.5 Å². The van der Waals surface area contributed by atoms with Crippen LogP contribution in [0.25, 0.3) is 11.1 Å². The van der Waals surface area contributed by atoms with Gasteiger partial charge in [-0.3, -0.25) is 9.59 Å². The van der Waals surface area contributed by atoms with Gasteiger partial charge in [-0.15, -0.1) is 0 Å². The van der Waals surface area contributed by atoms with E-state index < -0.39 is 0 Å². The molecule has 1 amide bonds. The molecule has 1 unspecified atom stereocenters. The Morgan fingerprint density at radius 3 is 2.38 bits per heavy atom. The Kier molecular flexibility index (Phi) is 7.45. The minimum absolute atomic E-state index is 0.116. The summed E-state index contributed by atoms with van der Waals surface area (Å²) in [7, 11) is 4.76. The van der Waals surface area contributed by atoms with Crippen LogP contribution in [0.3, 0.4) is 0 Å². The average molecular weight is 443 g/mol. The Labute approximate surface area is 187 Å². The highest BCUT2D eigenvalue weighted by Crippen LogP contribution is 2.50. The van der Waals surface area contributed by atoms with E-state index in [1.165, 1.54) is 13.8 Å². The molecule has 8 heteroatoms. The molecular formula is C24H29NO7. The van der Waals surface area contributed by atoms with Crippen molar-refractivity contribution < 1.29 is 33.3 Å². The Hall–Kier alpha value is -3.42. The Balaban J connectivity index is 2.10. The highest BCUT2D eigenvalue weighted by atomic mass is 16.6. The first kappa shape index (κ1) is 23.2. The van der Waals surface area contributed by atoms with E-state index in [4.69, 9.17) is 23.7 Å². The summed E-state index contributed by atoms with van der Waals surface area (Å²) < 4.78 is 27.6. The van der Waals surface area contributed by atoms with Crippen LogP contribution in [0.2, 0.25) is 0 Å². The number of hydrogen-bond acceptors (Lipinski definition) is 7. The molecule has 0 spiro atoms. The molecule has 0 saturated heterocycles. The molecule has 1 N–H and O–H groups in total. The summed E-state index contributed by atoms with van der Waals surface area (Å²) in [6.45, 7) is 3.25. The van der Waals surface area contributed by atoms with Crippen LogP contribution in [0.1, 0.15) is 37.4 Å². The van der Waals surface area contributed by atoms with Crippen molar-refractivity contribution in [1.82, 2.24) is 5.32 Å². The number of fused-ring (bicyclic) bond motifs is 3. The molecule has 8 nitrogen and oxygen atoms in total. The third kappa shape index (κ3) is 4.90. The summed E-state index contributed by atoms with van der Waals surface area (Å²) in [6.07, 6.45) is 1.39. The van der Waals surface area contributed by atoms with Crippen LogP contribution in [-0.4, -0.2) is 46.4 Å². The van der Waals surface area contributed by atoms with Gasteiger partial charge in [0.05, 0.1) is 27.4 Å². The maximum Gasteiger partial charge on any atom is 0.302 e. The van der Waals surface area contributed by atoms with Gasteiger partial charge in [-0.25, -0.2) is 0 Å². The van der Waals surface area contributed by atoms with Crippen molar-refractivity contribution in [3.63, 3.8) is 0 Å². The number of aryl methyl sites for hydroxylation is 1. The summed E-state index contributed by atoms with van der Waals surface area (Å²) in [5.74, 6) is 1.83. The summed E-state index contributed by atoms with van der Waals surface area (Å²) in [5.41, 5.74) is 3.77. The van der Waals surface area contributed by atoms with Crippen molar-refractivity contribution in [2.75, 3.05) is 34.5 Å². The van der Waals surface area contributed by atoms with Gasteiger partial charge in [-0.2, -0.15) is 0 Å². The number of methoxy groups -OCH3 is 3. The van der Waals surface area contributed by atoms with Gasteiger partial charge in [0.25, 0.3) is 0 Å². The molecule has 0 radical (unpaired) electrons. The molecule has 172 valence electrons. The molecule has 0 fully saturated rings. The number of nitrogens with one attached hydrogen (secondary N) is 1. The highest BCUT2D eigenvalue weighted by molar-refractivity contribution is 5.84. The molecule has 2 aromatic rings. The molecule has 3 rings (SSSR count). The van der Waals surface area contributed by atoms with Crippen LogP contribution in [-0.2, 0) is 20.7 Å². The van der Waals surface area contributed by atoms with E-state index in [1.807, 2.05) is 24.3 Å². The minimum atomic E-state index is -0.352. The molecule has 2 aromatic carbocycles. The molecule has 32 heavy (non-hydrogen) atoms. The number of hydrogen-bond donors (Lipinski definition) is 1. The third-order valence-corrected chi connectivity index (χ3v) is 5.32. The lowest BCUT2D eigenvalue weighted by atomic mass is 9.93. The van der Waals surface area contributed by atoms with Gasteiger partial charge >= 0.3 is 5.97 Å². The van der Waals surface area contributed by atoms with Crippen LogP contribution in [0.15, 0.2) is 24.3 Å². The Bertz CT molecular complexity index is 1000. The molecule has 0 heterocycles. The monoisotopic (exact) mass is 443 g/mol. The van der Waals surface area contributed by atoms with E-state index in [2.05, 4.69) is 5.32 Å². The summed E-state index contributed by atoms with van der Waals surface area (Å²) in [4.78, 5) is 22.9. The smallest absolute Gasteiger partial charge is 0.302 e. The summed E-state index contributed by atoms with van der Waals surface area (Å²) in [5, 5.41) is 3.05. The fourth-order valence-electron chi connectivity index (χ4n) is 4.04. The minimum Gasteiger partial charge on any atom is -0.493 e. The van der Waals surface area contributed by atoms with E-state index in [0.29, 0.717) is 35.8 Å². The second-order valence-electron chi connectivity index (χ2n) is 7.41. The van der Waals surface area contributed by atoms with E-state index >= 15 is 0 Å². The standard InChI is InChI=1S/C24H29NO7/c1-14(26)25-20-9-6-16-12-21(28-3)23(29-4)24(30-5)22(16)18-8-7-17(13-19(18)20)32-11-10-31-15(2)27/h7-8,12-13,20H,6,9-11H2,1-5H3,(H,25,26). The molecule has 0 aliphatic heterocycles. The quantitative estimate of drug-likeness (QED) is 0.493. The Morgan fingerprint density at radius 1 is 1.00 bits per heavy atom. The largest absolute Gasteiger partial charge is 0.493 e. The molecule has 1 aliphatic carbocycles. The molecule has 0 bridgehead atoms. The van der Waals surface area contributed by atoms with Gasteiger partial charge in [0, 0.05) is 19.4 Å². The van der Waals surface area contributed by atoms with Crippen LogP contribution in [0.4, 0.5) is 0 Å². The van der Waals surface area contributed by atoms with Crippen molar-refractivity contribution in [2.24, 2.45) is 0 Å². The van der Waals surface area contributed by atoms with Crippen LogP contribution >= 0.6 is 0 Å². The Morgan fingerprint density at radius 2 is 1.75 bits per heavy atom. The van der Waals surface area contributed by atoms with Gasteiger partial charge in [-0.05, 0) is 47.7 Å². The first-order valence-corrected chi connectivity index (χ1v) is 10.4. The predicted octanol–water partition coefficient (Wildman–Crippen LogP) is 3.44. The zero-order chi connectivity index (χ0) is 23.3. The van der Waals surface area contributed by atoms with Gasteiger partial charge in [0.1, 0.15) is 19.0 Å². The maximum absolute atomic E-state index is 11.9. The SMILES string of the molecule is COc1cc2c(c(OC)c1OC)-c1ccc(OCCOC(C)=O)cc1C(NC(C)=O)CC2. The second-order valence-corrected chi connectivity index (χ2v) is 7.41. The van der Waals surface area contributed by atoms with Crippen molar-refractivity contribution in [3.8, 4) is 34.1 Å². The normalized spacial score (nSPS) is 14.3. The number of benzene rings is 2. The van der Waals surface area contributed by atoms with E-state index in [1.54, 1.807) is 21.3 Å². The third-order valence-electron chi connectivity index (χ3n) is 5.32. The molecule has 0 saturated carbocycles. The molecule has 0 aromatic heterocycles. The first-order valence-electron chi connectivity index (χ1n) is 10.4. The topological polar surface area (TPSA) is 92.3 Å². The van der Waals surface area contributed by atoms with Crippen LogP contribution in [0, 0.1) is 0 Å². The van der Waals surface area contributed by atoms with Gasteiger partial charge < -0.3 is 29.0 Å². The lowest BCUT2D eigenvalue weighted by Crippen LogP contribution is -2.26. The van der Waals surface area contributed by atoms with E-state index in [9.17, 15) is 9.59 Å². The number of amides is 1. The highest BCUT2D eigenvalue weighted by Gasteiger charge is 2.29. The van der Waals surface area contributed by atoms with Crippen molar-refractivity contribution in [1.29, 1.82) is 0 Å². The zero-order valence-corrected chi connectivity index (χ0v) is 19.1. The molecule has 1 atom stereocenters.